The average Bonchev–Trinajstić information content (AvgIpc) is 2.74. The Bertz CT molecular complexity index is 714. The van der Waals surface area contributed by atoms with Crippen LogP contribution in [-0.4, -0.2) is 15.0 Å². The molecule has 0 fully saturated rings. The lowest BCUT2D eigenvalue weighted by atomic mass is 10.1. The predicted octanol–water partition coefficient (Wildman–Crippen LogP) is 3.90. The summed E-state index contributed by atoms with van der Waals surface area (Å²) in [5.41, 5.74) is 5.03. The van der Waals surface area contributed by atoms with E-state index in [1.54, 1.807) is 0 Å². The van der Waals surface area contributed by atoms with Gasteiger partial charge in [0, 0.05) is 10.7 Å². The molecular weight excluding hydrogens is 246 g/mol. The molecule has 0 spiro atoms. The average molecular weight is 258 g/mol. The Balaban J connectivity index is 2.19. The third kappa shape index (κ3) is 1.87. The standard InChI is InChI=1S/C14H12ClN3/c1-8-14-13(17-9(2)16-8)7-12(18-14)10-3-5-11(15)6-4-10/h3-7,18H,1-2H3. The fourth-order valence-corrected chi connectivity index (χ4v) is 2.22. The van der Waals surface area contributed by atoms with Crippen LogP contribution in [0.15, 0.2) is 30.3 Å². The van der Waals surface area contributed by atoms with E-state index < -0.39 is 0 Å². The van der Waals surface area contributed by atoms with Crippen LogP contribution in [0.1, 0.15) is 11.5 Å². The van der Waals surface area contributed by atoms with Crippen LogP contribution in [0.2, 0.25) is 5.02 Å². The summed E-state index contributed by atoms with van der Waals surface area (Å²) in [6, 6.07) is 9.78. The van der Waals surface area contributed by atoms with Crippen molar-refractivity contribution in [3.8, 4) is 11.3 Å². The Hall–Kier alpha value is -1.87. The maximum atomic E-state index is 5.89. The zero-order valence-electron chi connectivity index (χ0n) is 10.2. The first kappa shape index (κ1) is 11.2. The van der Waals surface area contributed by atoms with Gasteiger partial charge in [0.05, 0.1) is 16.7 Å². The molecule has 0 radical (unpaired) electrons. The minimum absolute atomic E-state index is 0.738. The summed E-state index contributed by atoms with van der Waals surface area (Å²) in [5.74, 6) is 0.793. The van der Waals surface area contributed by atoms with Crippen molar-refractivity contribution in [2.75, 3.05) is 0 Å². The number of hydrogen-bond donors (Lipinski definition) is 1. The largest absolute Gasteiger partial charge is 0.352 e. The molecule has 0 bridgehead atoms. The highest BCUT2D eigenvalue weighted by Gasteiger charge is 2.08. The number of nitrogens with one attached hydrogen (secondary N) is 1. The maximum absolute atomic E-state index is 5.89. The first-order valence-corrected chi connectivity index (χ1v) is 6.11. The SMILES string of the molecule is Cc1nc(C)c2[nH]c(-c3ccc(Cl)cc3)cc2n1. The molecule has 0 aliphatic rings. The van der Waals surface area contributed by atoms with Crippen LogP contribution in [-0.2, 0) is 0 Å². The van der Waals surface area contributed by atoms with Gasteiger partial charge in [0.25, 0.3) is 0 Å². The maximum Gasteiger partial charge on any atom is 0.126 e. The van der Waals surface area contributed by atoms with E-state index in [1.165, 1.54) is 0 Å². The Morgan fingerprint density at radius 1 is 1.06 bits per heavy atom. The van der Waals surface area contributed by atoms with Gasteiger partial charge in [-0.1, -0.05) is 23.7 Å². The van der Waals surface area contributed by atoms with Crippen molar-refractivity contribution in [1.29, 1.82) is 0 Å². The highest BCUT2D eigenvalue weighted by atomic mass is 35.5. The number of hydrogen-bond acceptors (Lipinski definition) is 2. The molecule has 0 saturated heterocycles. The number of rotatable bonds is 1. The van der Waals surface area contributed by atoms with Gasteiger partial charge in [-0.15, -0.1) is 0 Å². The van der Waals surface area contributed by atoms with Gasteiger partial charge in [-0.25, -0.2) is 9.97 Å². The van der Waals surface area contributed by atoms with Crippen molar-refractivity contribution >= 4 is 22.6 Å². The van der Waals surface area contributed by atoms with Gasteiger partial charge in [-0.2, -0.15) is 0 Å². The monoisotopic (exact) mass is 257 g/mol. The number of aromatic nitrogens is 3. The van der Waals surface area contributed by atoms with Crippen LogP contribution in [0.25, 0.3) is 22.3 Å². The minimum atomic E-state index is 0.738. The Morgan fingerprint density at radius 2 is 1.78 bits per heavy atom. The Labute approximate surface area is 110 Å². The van der Waals surface area contributed by atoms with Crippen LogP contribution in [0.5, 0.6) is 0 Å². The molecule has 2 aromatic heterocycles. The zero-order valence-corrected chi connectivity index (χ0v) is 10.9. The van der Waals surface area contributed by atoms with Gasteiger partial charge in [-0.3, -0.25) is 0 Å². The lowest BCUT2D eigenvalue weighted by Crippen LogP contribution is -1.91. The van der Waals surface area contributed by atoms with Gasteiger partial charge in [0.2, 0.25) is 0 Å². The molecule has 3 aromatic rings. The number of fused-ring (bicyclic) bond motifs is 1. The van der Waals surface area contributed by atoms with E-state index in [9.17, 15) is 0 Å². The van der Waals surface area contributed by atoms with Crippen LogP contribution in [0, 0.1) is 13.8 Å². The second-order valence-corrected chi connectivity index (χ2v) is 4.74. The molecule has 90 valence electrons. The summed E-state index contributed by atoms with van der Waals surface area (Å²) in [6.07, 6.45) is 0. The van der Waals surface area contributed by atoms with Gasteiger partial charge in [-0.05, 0) is 37.6 Å². The molecule has 0 unspecified atom stereocenters. The summed E-state index contributed by atoms with van der Waals surface area (Å²) in [7, 11) is 0. The summed E-state index contributed by atoms with van der Waals surface area (Å²) < 4.78 is 0. The second kappa shape index (κ2) is 4.10. The van der Waals surface area contributed by atoms with Crippen molar-refractivity contribution in [3.05, 3.63) is 46.9 Å². The fraction of sp³-hybridized carbons (Fsp3) is 0.143. The third-order valence-electron chi connectivity index (χ3n) is 2.93. The van der Waals surface area contributed by atoms with Crippen LogP contribution >= 0.6 is 11.6 Å². The number of halogens is 1. The molecule has 0 saturated carbocycles. The van der Waals surface area contributed by atoms with E-state index in [4.69, 9.17) is 11.6 Å². The van der Waals surface area contributed by atoms with Crippen molar-refractivity contribution in [1.82, 2.24) is 15.0 Å². The highest BCUT2D eigenvalue weighted by molar-refractivity contribution is 6.30. The molecule has 18 heavy (non-hydrogen) atoms. The summed E-state index contributed by atoms with van der Waals surface area (Å²) in [6.45, 7) is 3.89. The van der Waals surface area contributed by atoms with Crippen molar-refractivity contribution in [2.45, 2.75) is 13.8 Å². The third-order valence-corrected chi connectivity index (χ3v) is 3.18. The molecule has 3 rings (SSSR count). The summed E-state index contributed by atoms with van der Waals surface area (Å²) in [4.78, 5) is 12.1. The normalized spacial score (nSPS) is 11.1. The number of aryl methyl sites for hydroxylation is 2. The molecule has 4 heteroatoms. The van der Waals surface area contributed by atoms with E-state index in [1.807, 2.05) is 44.2 Å². The van der Waals surface area contributed by atoms with E-state index in [0.29, 0.717) is 0 Å². The van der Waals surface area contributed by atoms with Crippen LogP contribution < -0.4 is 0 Å². The fourth-order valence-electron chi connectivity index (χ4n) is 2.09. The molecule has 0 aliphatic heterocycles. The minimum Gasteiger partial charge on any atom is -0.352 e. The van der Waals surface area contributed by atoms with Gasteiger partial charge < -0.3 is 4.98 Å². The number of nitrogens with zero attached hydrogens (tertiary/aromatic N) is 2. The summed E-state index contributed by atoms with van der Waals surface area (Å²) in [5, 5.41) is 0.738. The molecule has 0 amide bonds. The lowest BCUT2D eigenvalue weighted by molar-refractivity contribution is 1.05. The first-order valence-electron chi connectivity index (χ1n) is 5.73. The number of H-pyrrole nitrogens is 1. The summed E-state index contributed by atoms with van der Waals surface area (Å²) >= 11 is 5.89. The van der Waals surface area contributed by atoms with Gasteiger partial charge in [0.15, 0.2) is 0 Å². The number of aromatic amines is 1. The van der Waals surface area contributed by atoms with Crippen molar-refractivity contribution in [2.24, 2.45) is 0 Å². The molecule has 1 aromatic carbocycles. The molecule has 0 atom stereocenters. The van der Waals surface area contributed by atoms with Crippen LogP contribution in [0.3, 0.4) is 0 Å². The molecule has 0 aliphatic carbocycles. The highest BCUT2D eigenvalue weighted by Crippen LogP contribution is 2.25. The lowest BCUT2D eigenvalue weighted by Gasteiger charge is -1.97. The molecule has 2 heterocycles. The Morgan fingerprint density at radius 3 is 2.50 bits per heavy atom. The van der Waals surface area contributed by atoms with Gasteiger partial charge >= 0.3 is 0 Å². The second-order valence-electron chi connectivity index (χ2n) is 4.31. The predicted molar refractivity (Wildman–Crippen MR) is 73.8 cm³/mol. The van der Waals surface area contributed by atoms with Crippen LogP contribution in [0.4, 0.5) is 0 Å². The van der Waals surface area contributed by atoms with E-state index in [0.717, 1.165) is 38.8 Å². The van der Waals surface area contributed by atoms with Crippen molar-refractivity contribution in [3.63, 3.8) is 0 Å². The van der Waals surface area contributed by atoms with E-state index in [2.05, 4.69) is 15.0 Å². The quantitative estimate of drug-likeness (QED) is 0.718. The Kier molecular flexibility index (Phi) is 2.56. The smallest absolute Gasteiger partial charge is 0.126 e. The van der Waals surface area contributed by atoms with E-state index >= 15 is 0 Å². The first-order chi connectivity index (χ1) is 8.63. The topological polar surface area (TPSA) is 41.6 Å². The molecular formula is C14H12ClN3. The van der Waals surface area contributed by atoms with Gasteiger partial charge in [0.1, 0.15) is 5.82 Å². The van der Waals surface area contributed by atoms with Crippen molar-refractivity contribution < 1.29 is 0 Å². The molecule has 3 nitrogen and oxygen atoms in total. The molecule has 1 N–H and O–H groups in total. The zero-order chi connectivity index (χ0) is 12.7. The van der Waals surface area contributed by atoms with E-state index in [-0.39, 0.29) is 0 Å². The number of benzene rings is 1.